The van der Waals surface area contributed by atoms with E-state index in [1.807, 2.05) is 32.0 Å². The molecule has 1 saturated heterocycles. The van der Waals surface area contributed by atoms with Crippen molar-refractivity contribution in [1.29, 1.82) is 0 Å². The highest BCUT2D eigenvalue weighted by atomic mass is 16.5. The number of amides is 1. The van der Waals surface area contributed by atoms with Crippen LogP contribution in [0.15, 0.2) is 18.2 Å². The first-order valence-corrected chi connectivity index (χ1v) is 8.48. The van der Waals surface area contributed by atoms with E-state index in [0.717, 1.165) is 43.0 Å². The summed E-state index contributed by atoms with van der Waals surface area (Å²) in [5.74, 6) is 1.73. The summed E-state index contributed by atoms with van der Waals surface area (Å²) >= 11 is 0. The molecule has 5 heteroatoms. The first kappa shape index (κ1) is 17.6. The van der Waals surface area contributed by atoms with Crippen LogP contribution < -0.4 is 14.8 Å². The van der Waals surface area contributed by atoms with Crippen LogP contribution in [0, 0.1) is 5.92 Å². The summed E-state index contributed by atoms with van der Waals surface area (Å²) in [6, 6.07) is 5.83. The van der Waals surface area contributed by atoms with Gasteiger partial charge in [-0.15, -0.1) is 0 Å². The maximum Gasteiger partial charge on any atom is 0.224 e. The van der Waals surface area contributed by atoms with Gasteiger partial charge in [0.2, 0.25) is 5.91 Å². The molecule has 1 heterocycles. The number of nitrogens with one attached hydrogen (secondary N) is 1. The molecule has 1 aromatic carbocycles. The zero-order valence-electron chi connectivity index (χ0n) is 14.4. The first-order chi connectivity index (χ1) is 11.1. The Kier molecular flexibility index (Phi) is 6.71. The van der Waals surface area contributed by atoms with E-state index in [-0.39, 0.29) is 11.8 Å². The van der Waals surface area contributed by atoms with E-state index in [1.165, 1.54) is 0 Å². The fourth-order valence-electron chi connectivity index (χ4n) is 2.92. The minimum absolute atomic E-state index is 0.0998. The van der Waals surface area contributed by atoms with E-state index in [9.17, 15) is 4.79 Å². The maximum absolute atomic E-state index is 12.3. The van der Waals surface area contributed by atoms with Gasteiger partial charge in [0.25, 0.3) is 0 Å². The number of likely N-dealkylation sites (tertiary alicyclic amines) is 1. The molecule has 0 spiro atoms. The summed E-state index contributed by atoms with van der Waals surface area (Å²) in [6.45, 7) is 7.54. The van der Waals surface area contributed by atoms with Gasteiger partial charge in [-0.2, -0.15) is 0 Å². The molecule has 1 fully saturated rings. The molecule has 0 aromatic heterocycles. The summed E-state index contributed by atoms with van der Waals surface area (Å²) < 4.78 is 11.2. The van der Waals surface area contributed by atoms with Crippen molar-refractivity contribution in [2.45, 2.75) is 33.2 Å². The largest absolute Gasteiger partial charge is 0.490 e. The highest BCUT2D eigenvalue weighted by molar-refractivity contribution is 5.79. The average Bonchev–Trinajstić information content (AvgIpc) is 2.55. The summed E-state index contributed by atoms with van der Waals surface area (Å²) in [6.07, 6.45) is 2.07. The minimum atomic E-state index is 0.0998. The van der Waals surface area contributed by atoms with Crippen LogP contribution in [0.25, 0.3) is 0 Å². The molecule has 1 atom stereocenters. The van der Waals surface area contributed by atoms with Crippen molar-refractivity contribution in [2.24, 2.45) is 5.92 Å². The van der Waals surface area contributed by atoms with Crippen LogP contribution in [-0.4, -0.2) is 44.2 Å². The average molecular weight is 320 g/mol. The number of carbonyl (C=O) groups is 1. The van der Waals surface area contributed by atoms with E-state index in [1.54, 1.807) is 0 Å². The Labute approximate surface area is 139 Å². The predicted octanol–water partition coefficient (Wildman–Crippen LogP) is 2.44. The molecule has 1 N–H and O–H groups in total. The molecule has 1 aliphatic rings. The molecule has 23 heavy (non-hydrogen) atoms. The number of piperidine rings is 1. The molecular weight excluding hydrogens is 292 g/mol. The maximum atomic E-state index is 12.3. The molecular formula is C18H28N2O3. The van der Waals surface area contributed by atoms with Crippen LogP contribution in [0.4, 0.5) is 0 Å². The van der Waals surface area contributed by atoms with Gasteiger partial charge in [0.05, 0.1) is 19.1 Å². The Balaban J connectivity index is 1.94. The van der Waals surface area contributed by atoms with Gasteiger partial charge < -0.3 is 19.7 Å². The van der Waals surface area contributed by atoms with Gasteiger partial charge in [-0.05, 0) is 58.0 Å². The Morgan fingerprint density at radius 3 is 2.70 bits per heavy atom. The smallest absolute Gasteiger partial charge is 0.224 e. The second-order valence-corrected chi connectivity index (χ2v) is 5.97. The monoisotopic (exact) mass is 320 g/mol. The molecule has 0 saturated carbocycles. The van der Waals surface area contributed by atoms with Crippen LogP contribution in [0.5, 0.6) is 11.5 Å². The van der Waals surface area contributed by atoms with Gasteiger partial charge in [0.1, 0.15) is 0 Å². The van der Waals surface area contributed by atoms with E-state index in [0.29, 0.717) is 19.8 Å². The zero-order valence-corrected chi connectivity index (χ0v) is 14.4. The molecule has 0 unspecified atom stereocenters. The highest BCUT2D eigenvalue weighted by Gasteiger charge is 2.23. The fourth-order valence-corrected chi connectivity index (χ4v) is 2.92. The molecule has 2 rings (SSSR count). The number of nitrogens with zero attached hydrogens (tertiary/aromatic N) is 1. The van der Waals surface area contributed by atoms with Gasteiger partial charge in [0.15, 0.2) is 11.5 Å². The Hall–Kier alpha value is -1.75. The third-order valence-electron chi connectivity index (χ3n) is 4.07. The lowest BCUT2D eigenvalue weighted by molar-refractivity contribution is -0.126. The van der Waals surface area contributed by atoms with E-state index in [2.05, 4.69) is 17.3 Å². The second kappa shape index (κ2) is 8.77. The highest BCUT2D eigenvalue weighted by Crippen LogP contribution is 2.28. The van der Waals surface area contributed by atoms with E-state index >= 15 is 0 Å². The third kappa shape index (κ3) is 5.13. The first-order valence-electron chi connectivity index (χ1n) is 8.48. The van der Waals surface area contributed by atoms with Crippen LogP contribution in [0.3, 0.4) is 0 Å². The van der Waals surface area contributed by atoms with Crippen LogP contribution in [0.1, 0.15) is 32.3 Å². The molecule has 0 radical (unpaired) electrons. The van der Waals surface area contributed by atoms with E-state index < -0.39 is 0 Å². The van der Waals surface area contributed by atoms with Crippen LogP contribution in [0.2, 0.25) is 0 Å². The quantitative estimate of drug-likeness (QED) is 0.838. The lowest BCUT2D eigenvalue weighted by Crippen LogP contribution is -2.41. The lowest BCUT2D eigenvalue weighted by atomic mass is 9.97. The topological polar surface area (TPSA) is 50.8 Å². The van der Waals surface area contributed by atoms with Gasteiger partial charge >= 0.3 is 0 Å². The molecule has 128 valence electrons. The number of hydrogen-bond acceptors (Lipinski definition) is 4. The Morgan fingerprint density at radius 2 is 2.00 bits per heavy atom. The predicted molar refractivity (Wildman–Crippen MR) is 90.8 cm³/mol. The van der Waals surface area contributed by atoms with Crippen molar-refractivity contribution in [2.75, 3.05) is 33.4 Å². The number of benzene rings is 1. The lowest BCUT2D eigenvalue weighted by Gasteiger charge is -2.28. The van der Waals surface area contributed by atoms with Crippen LogP contribution in [-0.2, 0) is 11.3 Å². The summed E-state index contributed by atoms with van der Waals surface area (Å²) in [4.78, 5) is 14.5. The SMILES string of the molecule is CCOc1ccc(CNC(=O)[C@H]2CCCN(C)C2)cc1OCC. The molecule has 0 bridgehead atoms. The van der Waals surface area contributed by atoms with Gasteiger partial charge in [0, 0.05) is 13.1 Å². The van der Waals surface area contributed by atoms with Gasteiger partial charge in [-0.1, -0.05) is 6.07 Å². The molecule has 5 nitrogen and oxygen atoms in total. The van der Waals surface area contributed by atoms with Crippen molar-refractivity contribution < 1.29 is 14.3 Å². The van der Waals surface area contributed by atoms with Crippen molar-refractivity contribution in [3.05, 3.63) is 23.8 Å². The van der Waals surface area contributed by atoms with Crippen LogP contribution >= 0.6 is 0 Å². The zero-order chi connectivity index (χ0) is 16.7. The summed E-state index contributed by atoms with van der Waals surface area (Å²) in [5.41, 5.74) is 1.02. The molecule has 0 aliphatic carbocycles. The fraction of sp³-hybridized carbons (Fsp3) is 0.611. The third-order valence-corrected chi connectivity index (χ3v) is 4.07. The Morgan fingerprint density at radius 1 is 1.26 bits per heavy atom. The van der Waals surface area contributed by atoms with Gasteiger partial charge in [-0.25, -0.2) is 0 Å². The standard InChI is InChI=1S/C18H28N2O3/c1-4-22-16-9-8-14(11-17(16)23-5-2)12-19-18(21)15-7-6-10-20(3)13-15/h8-9,11,15H,4-7,10,12-13H2,1-3H3,(H,19,21)/t15-/m0/s1. The second-order valence-electron chi connectivity index (χ2n) is 5.97. The molecule has 1 aliphatic heterocycles. The normalized spacial score (nSPS) is 18.5. The van der Waals surface area contributed by atoms with Crippen molar-refractivity contribution in [3.8, 4) is 11.5 Å². The minimum Gasteiger partial charge on any atom is -0.490 e. The molecule has 1 aromatic rings. The summed E-state index contributed by atoms with van der Waals surface area (Å²) in [5, 5.41) is 3.05. The number of rotatable bonds is 7. The van der Waals surface area contributed by atoms with Gasteiger partial charge in [-0.3, -0.25) is 4.79 Å². The van der Waals surface area contributed by atoms with Crippen molar-refractivity contribution in [1.82, 2.24) is 10.2 Å². The number of hydrogen-bond donors (Lipinski definition) is 1. The van der Waals surface area contributed by atoms with E-state index in [4.69, 9.17) is 9.47 Å². The number of carbonyl (C=O) groups excluding carboxylic acids is 1. The molecule has 1 amide bonds. The van der Waals surface area contributed by atoms with Crippen molar-refractivity contribution >= 4 is 5.91 Å². The Bertz CT molecular complexity index is 519. The number of ether oxygens (including phenoxy) is 2. The van der Waals surface area contributed by atoms with Crippen molar-refractivity contribution in [3.63, 3.8) is 0 Å². The summed E-state index contributed by atoms with van der Waals surface area (Å²) in [7, 11) is 2.07.